The Kier molecular flexibility index (Phi) is 4.47. The second-order valence-corrected chi connectivity index (χ2v) is 6.41. The predicted molar refractivity (Wildman–Crippen MR) is 69.0 cm³/mol. The average Bonchev–Trinajstić information content (AvgIpc) is 2.27. The fraction of sp³-hybridized carbons (Fsp3) is 0.500. The van der Waals surface area contributed by atoms with Crippen LogP contribution in [0, 0.1) is 5.82 Å². The zero-order chi connectivity index (χ0) is 14.0. The molecular weight excluding hydrogens is 255 g/mol. The van der Waals surface area contributed by atoms with Gasteiger partial charge in [0.1, 0.15) is 5.82 Å². The van der Waals surface area contributed by atoms with Crippen molar-refractivity contribution in [3.63, 3.8) is 0 Å². The van der Waals surface area contributed by atoms with Crippen molar-refractivity contribution in [2.24, 2.45) is 5.73 Å². The minimum Gasteiger partial charge on any atom is -0.326 e. The summed E-state index contributed by atoms with van der Waals surface area (Å²) in [5, 5.41) is 0. The number of nitrogens with two attached hydrogens (primary N) is 1. The van der Waals surface area contributed by atoms with Gasteiger partial charge in [-0.3, -0.25) is 0 Å². The fourth-order valence-corrected chi connectivity index (χ4v) is 3.22. The quantitative estimate of drug-likeness (QED) is 0.859. The van der Waals surface area contributed by atoms with Gasteiger partial charge in [0.15, 0.2) is 0 Å². The Morgan fingerprint density at radius 1 is 1.39 bits per heavy atom. The molecule has 0 aliphatic carbocycles. The van der Waals surface area contributed by atoms with Gasteiger partial charge in [-0.15, -0.1) is 0 Å². The Morgan fingerprint density at radius 2 is 2.00 bits per heavy atom. The van der Waals surface area contributed by atoms with E-state index < -0.39 is 21.4 Å². The first-order chi connectivity index (χ1) is 8.23. The van der Waals surface area contributed by atoms with Crippen molar-refractivity contribution in [2.75, 3.05) is 0 Å². The molecule has 6 heteroatoms. The van der Waals surface area contributed by atoms with E-state index in [1.165, 1.54) is 18.2 Å². The van der Waals surface area contributed by atoms with Crippen LogP contribution in [0.2, 0.25) is 0 Å². The van der Waals surface area contributed by atoms with Crippen molar-refractivity contribution in [1.82, 2.24) is 4.72 Å². The minimum atomic E-state index is -3.77. The largest absolute Gasteiger partial charge is 0.326 e. The lowest BCUT2D eigenvalue weighted by Gasteiger charge is -2.24. The van der Waals surface area contributed by atoms with E-state index in [0.717, 1.165) is 0 Å². The first kappa shape index (κ1) is 15.1. The standard InChI is InChI=1S/C12H19FN2O2S/c1-4-12(2,3)15-18(16,17)11-7-5-6-10(13)9(11)8-14/h5-7,15H,4,8,14H2,1-3H3. The van der Waals surface area contributed by atoms with E-state index in [0.29, 0.717) is 6.42 Å². The maximum Gasteiger partial charge on any atom is 0.241 e. The van der Waals surface area contributed by atoms with Gasteiger partial charge >= 0.3 is 0 Å². The van der Waals surface area contributed by atoms with Crippen molar-refractivity contribution in [1.29, 1.82) is 0 Å². The lowest BCUT2D eigenvalue weighted by molar-refractivity contribution is 0.439. The molecular formula is C12H19FN2O2S. The lowest BCUT2D eigenvalue weighted by Crippen LogP contribution is -2.43. The molecule has 1 aromatic carbocycles. The van der Waals surface area contributed by atoms with Gasteiger partial charge in [0, 0.05) is 17.6 Å². The Balaban J connectivity index is 3.25. The molecule has 102 valence electrons. The number of hydrogen-bond acceptors (Lipinski definition) is 3. The van der Waals surface area contributed by atoms with Gasteiger partial charge in [0.05, 0.1) is 4.90 Å². The van der Waals surface area contributed by atoms with Gasteiger partial charge in [-0.2, -0.15) is 0 Å². The van der Waals surface area contributed by atoms with Crippen LogP contribution < -0.4 is 10.5 Å². The topological polar surface area (TPSA) is 72.2 Å². The molecule has 0 bridgehead atoms. The van der Waals surface area contributed by atoms with E-state index in [1.807, 2.05) is 6.92 Å². The third kappa shape index (κ3) is 3.28. The second-order valence-electron chi connectivity index (χ2n) is 4.76. The van der Waals surface area contributed by atoms with E-state index in [1.54, 1.807) is 13.8 Å². The summed E-state index contributed by atoms with van der Waals surface area (Å²) in [5.41, 5.74) is 4.84. The van der Waals surface area contributed by atoms with Crippen LogP contribution in [-0.2, 0) is 16.6 Å². The maximum atomic E-state index is 13.5. The Morgan fingerprint density at radius 3 is 2.50 bits per heavy atom. The van der Waals surface area contributed by atoms with Crippen molar-refractivity contribution in [3.05, 3.63) is 29.6 Å². The Labute approximate surface area is 107 Å². The van der Waals surface area contributed by atoms with Gasteiger partial charge in [-0.25, -0.2) is 17.5 Å². The van der Waals surface area contributed by atoms with Crippen LogP contribution in [0.25, 0.3) is 0 Å². The number of nitrogens with one attached hydrogen (secondary N) is 1. The second kappa shape index (κ2) is 5.34. The molecule has 0 saturated carbocycles. The average molecular weight is 274 g/mol. The van der Waals surface area contributed by atoms with Gasteiger partial charge < -0.3 is 5.73 Å². The monoisotopic (exact) mass is 274 g/mol. The summed E-state index contributed by atoms with van der Waals surface area (Å²) >= 11 is 0. The molecule has 1 aromatic rings. The zero-order valence-electron chi connectivity index (χ0n) is 10.8. The van der Waals surface area contributed by atoms with Crippen LogP contribution in [0.5, 0.6) is 0 Å². The maximum absolute atomic E-state index is 13.5. The van der Waals surface area contributed by atoms with Gasteiger partial charge in [-0.1, -0.05) is 13.0 Å². The summed E-state index contributed by atoms with van der Waals surface area (Å²) in [7, 11) is -3.77. The minimum absolute atomic E-state index is 0.0110. The van der Waals surface area contributed by atoms with Crippen molar-refractivity contribution < 1.29 is 12.8 Å². The third-order valence-corrected chi connectivity index (χ3v) is 4.65. The van der Waals surface area contributed by atoms with E-state index in [9.17, 15) is 12.8 Å². The molecule has 1 rings (SSSR count). The molecule has 0 aliphatic heterocycles. The normalized spacial score (nSPS) is 12.7. The van der Waals surface area contributed by atoms with Gasteiger partial charge in [0.25, 0.3) is 0 Å². The molecule has 0 aromatic heterocycles. The van der Waals surface area contributed by atoms with Crippen molar-refractivity contribution >= 4 is 10.0 Å². The highest BCUT2D eigenvalue weighted by atomic mass is 32.2. The number of rotatable bonds is 5. The molecule has 0 unspecified atom stereocenters. The highest BCUT2D eigenvalue weighted by molar-refractivity contribution is 7.89. The molecule has 4 nitrogen and oxygen atoms in total. The smallest absolute Gasteiger partial charge is 0.241 e. The molecule has 0 heterocycles. The van der Waals surface area contributed by atoms with Crippen LogP contribution in [0.1, 0.15) is 32.8 Å². The summed E-state index contributed by atoms with van der Waals surface area (Å²) < 4.78 is 40.5. The lowest BCUT2D eigenvalue weighted by atomic mass is 10.0. The predicted octanol–water partition coefficient (Wildman–Crippen LogP) is 1.75. The number of hydrogen-bond donors (Lipinski definition) is 2. The van der Waals surface area contributed by atoms with Crippen LogP contribution in [-0.4, -0.2) is 14.0 Å². The Bertz CT molecular complexity index is 527. The van der Waals surface area contributed by atoms with Crippen molar-refractivity contribution in [2.45, 2.75) is 44.2 Å². The Hall–Kier alpha value is -0.980. The number of benzene rings is 1. The highest BCUT2D eigenvalue weighted by Gasteiger charge is 2.27. The van der Waals surface area contributed by atoms with Crippen LogP contribution in [0.4, 0.5) is 4.39 Å². The van der Waals surface area contributed by atoms with Gasteiger partial charge in [-0.05, 0) is 32.4 Å². The zero-order valence-corrected chi connectivity index (χ0v) is 11.6. The molecule has 0 saturated heterocycles. The van der Waals surface area contributed by atoms with Gasteiger partial charge in [0.2, 0.25) is 10.0 Å². The molecule has 0 spiro atoms. The van der Waals surface area contributed by atoms with E-state index in [2.05, 4.69) is 4.72 Å². The molecule has 0 fully saturated rings. The van der Waals surface area contributed by atoms with Crippen LogP contribution >= 0.6 is 0 Å². The van der Waals surface area contributed by atoms with Crippen LogP contribution in [0.3, 0.4) is 0 Å². The van der Waals surface area contributed by atoms with E-state index in [-0.39, 0.29) is 17.0 Å². The molecule has 0 aliphatic rings. The summed E-state index contributed by atoms with van der Waals surface area (Å²) in [5.74, 6) is -0.602. The van der Waals surface area contributed by atoms with E-state index >= 15 is 0 Å². The third-order valence-electron chi connectivity index (χ3n) is 2.86. The number of halogens is 1. The first-order valence-electron chi connectivity index (χ1n) is 5.75. The molecule has 0 atom stereocenters. The van der Waals surface area contributed by atoms with E-state index in [4.69, 9.17) is 5.73 Å². The molecule has 0 amide bonds. The van der Waals surface area contributed by atoms with Crippen molar-refractivity contribution in [3.8, 4) is 0 Å². The summed E-state index contributed by atoms with van der Waals surface area (Å²) in [4.78, 5) is -0.0912. The highest BCUT2D eigenvalue weighted by Crippen LogP contribution is 2.21. The molecule has 0 radical (unpaired) electrons. The molecule has 18 heavy (non-hydrogen) atoms. The fourth-order valence-electron chi connectivity index (χ4n) is 1.48. The SMILES string of the molecule is CCC(C)(C)NS(=O)(=O)c1cccc(F)c1CN. The summed E-state index contributed by atoms with van der Waals surface area (Å²) in [6.07, 6.45) is 0.625. The van der Waals surface area contributed by atoms with Crippen LogP contribution in [0.15, 0.2) is 23.1 Å². The molecule has 3 N–H and O–H groups in total. The summed E-state index contributed by atoms with van der Waals surface area (Å²) in [6.45, 7) is 5.26. The first-order valence-corrected chi connectivity index (χ1v) is 7.23. The summed E-state index contributed by atoms with van der Waals surface area (Å²) in [6, 6.07) is 3.92. The number of sulfonamides is 1.